The van der Waals surface area contributed by atoms with Gasteiger partial charge in [0.25, 0.3) is 0 Å². The minimum absolute atomic E-state index is 0.146. The Labute approximate surface area is 103 Å². The number of rotatable bonds is 2. The Balaban J connectivity index is 2.51. The van der Waals surface area contributed by atoms with Crippen molar-refractivity contribution in [1.82, 2.24) is 14.8 Å². The highest BCUT2D eigenvalue weighted by Crippen LogP contribution is 2.16. The molecular formula is C11H12FN5O. The van der Waals surface area contributed by atoms with E-state index in [0.717, 1.165) is 0 Å². The van der Waals surface area contributed by atoms with Gasteiger partial charge in [-0.2, -0.15) is 5.10 Å². The van der Waals surface area contributed by atoms with Crippen molar-refractivity contribution in [1.29, 1.82) is 0 Å². The molecule has 0 unspecified atom stereocenters. The van der Waals surface area contributed by atoms with Crippen LogP contribution >= 0.6 is 0 Å². The maximum Gasteiger partial charge on any atom is 0.170 e. The minimum atomic E-state index is -0.521. The molecule has 1 aromatic heterocycles. The Morgan fingerprint density at radius 2 is 2.17 bits per heavy atom. The van der Waals surface area contributed by atoms with Gasteiger partial charge in [0.15, 0.2) is 5.84 Å². The standard InChI is InChI=1S/C11H12FN5O/c1-6-14-7(2)17(15-6)10-4-3-8(5-9(10)12)11(13)16-18/h3-5,18H,1-2H3,(H2,13,16). The van der Waals surface area contributed by atoms with E-state index in [0.29, 0.717) is 17.2 Å². The molecule has 7 heteroatoms. The lowest BCUT2D eigenvalue weighted by atomic mass is 10.2. The van der Waals surface area contributed by atoms with Crippen LogP contribution in [0, 0.1) is 19.7 Å². The van der Waals surface area contributed by atoms with E-state index in [1.165, 1.54) is 16.8 Å². The van der Waals surface area contributed by atoms with Crippen molar-refractivity contribution in [3.05, 3.63) is 41.2 Å². The lowest BCUT2D eigenvalue weighted by Crippen LogP contribution is -2.14. The van der Waals surface area contributed by atoms with Crippen molar-refractivity contribution < 1.29 is 9.60 Å². The molecule has 6 nitrogen and oxygen atoms in total. The molecule has 94 valence electrons. The van der Waals surface area contributed by atoms with E-state index in [9.17, 15) is 4.39 Å². The van der Waals surface area contributed by atoms with Crippen LogP contribution in [0.25, 0.3) is 5.69 Å². The van der Waals surface area contributed by atoms with Gasteiger partial charge in [-0.05, 0) is 32.0 Å². The second kappa shape index (κ2) is 4.44. The highest BCUT2D eigenvalue weighted by molar-refractivity contribution is 5.97. The number of oxime groups is 1. The van der Waals surface area contributed by atoms with Gasteiger partial charge in [-0.15, -0.1) is 0 Å². The number of halogens is 1. The van der Waals surface area contributed by atoms with Crippen molar-refractivity contribution >= 4 is 5.84 Å². The number of amidine groups is 1. The van der Waals surface area contributed by atoms with Crippen LogP contribution in [0.2, 0.25) is 0 Å². The Morgan fingerprint density at radius 3 is 2.67 bits per heavy atom. The van der Waals surface area contributed by atoms with Crippen molar-refractivity contribution in [3.8, 4) is 5.69 Å². The van der Waals surface area contributed by atoms with Gasteiger partial charge in [0.05, 0.1) is 0 Å². The van der Waals surface area contributed by atoms with Crippen LogP contribution in [0.3, 0.4) is 0 Å². The lowest BCUT2D eigenvalue weighted by Gasteiger charge is -2.06. The average Bonchev–Trinajstić information content (AvgIpc) is 2.67. The molecule has 1 aromatic carbocycles. The molecule has 0 saturated carbocycles. The molecule has 0 saturated heterocycles. The number of aromatic nitrogens is 3. The second-order valence-corrected chi connectivity index (χ2v) is 3.77. The summed E-state index contributed by atoms with van der Waals surface area (Å²) in [5.74, 6) is 0.481. The quantitative estimate of drug-likeness (QED) is 0.361. The van der Waals surface area contributed by atoms with Crippen molar-refractivity contribution in [2.45, 2.75) is 13.8 Å². The van der Waals surface area contributed by atoms with Crippen LogP contribution in [-0.2, 0) is 0 Å². The fourth-order valence-corrected chi connectivity index (χ4v) is 1.64. The maximum atomic E-state index is 13.9. The SMILES string of the molecule is Cc1nc(C)n(-c2ccc(C(N)=NO)cc2F)n1. The van der Waals surface area contributed by atoms with Crippen LogP contribution in [0.15, 0.2) is 23.4 Å². The largest absolute Gasteiger partial charge is 0.409 e. The molecule has 3 N–H and O–H groups in total. The third kappa shape index (κ3) is 2.02. The predicted octanol–water partition coefficient (Wildman–Crippen LogP) is 1.12. The zero-order valence-electron chi connectivity index (χ0n) is 9.92. The van der Waals surface area contributed by atoms with Crippen molar-refractivity contribution in [2.24, 2.45) is 10.9 Å². The summed E-state index contributed by atoms with van der Waals surface area (Å²) in [4.78, 5) is 4.10. The molecule has 0 atom stereocenters. The Hall–Kier alpha value is -2.44. The number of benzene rings is 1. The Morgan fingerprint density at radius 1 is 1.44 bits per heavy atom. The van der Waals surface area contributed by atoms with E-state index in [1.54, 1.807) is 19.9 Å². The van der Waals surface area contributed by atoms with Gasteiger partial charge in [-0.1, -0.05) is 5.16 Å². The molecule has 2 rings (SSSR count). The van der Waals surface area contributed by atoms with Crippen LogP contribution < -0.4 is 5.73 Å². The molecule has 0 spiro atoms. The fourth-order valence-electron chi connectivity index (χ4n) is 1.64. The summed E-state index contributed by atoms with van der Waals surface area (Å²) in [6, 6.07) is 4.23. The Kier molecular flexibility index (Phi) is 2.97. The number of nitrogens with zero attached hydrogens (tertiary/aromatic N) is 4. The summed E-state index contributed by atoms with van der Waals surface area (Å²) in [6.45, 7) is 3.46. The van der Waals surface area contributed by atoms with E-state index in [2.05, 4.69) is 15.2 Å². The normalized spacial score (nSPS) is 11.8. The molecule has 0 bridgehead atoms. The van der Waals surface area contributed by atoms with Gasteiger partial charge >= 0.3 is 0 Å². The first-order valence-electron chi connectivity index (χ1n) is 5.21. The second-order valence-electron chi connectivity index (χ2n) is 3.77. The highest BCUT2D eigenvalue weighted by atomic mass is 19.1. The van der Waals surface area contributed by atoms with Crippen LogP contribution in [0.4, 0.5) is 4.39 Å². The summed E-state index contributed by atoms with van der Waals surface area (Å²) >= 11 is 0. The molecule has 2 aromatic rings. The van der Waals surface area contributed by atoms with Crippen molar-refractivity contribution in [3.63, 3.8) is 0 Å². The van der Waals surface area contributed by atoms with Gasteiger partial charge in [-0.3, -0.25) is 0 Å². The van der Waals surface area contributed by atoms with E-state index in [4.69, 9.17) is 10.9 Å². The first kappa shape index (κ1) is 12.0. The predicted molar refractivity (Wildman–Crippen MR) is 63.3 cm³/mol. The smallest absolute Gasteiger partial charge is 0.170 e. The number of hydrogen-bond acceptors (Lipinski definition) is 4. The van der Waals surface area contributed by atoms with Crippen LogP contribution in [0.1, 0.15) is 17.2 Å². The van der Waals surface area contributed by atoms with Gasteiger partial charge in [0.2, 0.25) is 0 Å². The minimum Gasteiger partial charge on any atom is -0.409 e. The first-order chi connectivity index (χ1) is 8.52. The zero-order valence-corrected chi connectivity index (χ0v) is 9.92. The van der Waals surface area contributed by atoms with Gasteiger partial charge in [-0.25, -0.2) is 14.1 Å². The fraction of sp³-hybridized carbons (Fsp3) is 0.182. The maximum absolute atomic E-state index is 13.9. The zero-order chi connectivity index (χ0) is 13.3. The summed E-state index contributed by atoms with van der Waals surface area (Å²) < 4.78 is 15.3. The van der Waals surface area contributed by atoms with E-state index in [-0.39, 0.29) is 11.5 Å². The Bertz CT molecular complexity index is 620. The first-order valence-corrected chi connectivity index (χ1v) is 5.21. The third-order valence-electron chi connectivity index (χ3n) is 2.45. The van der Waals surface area contributed by atoms with Gasteiger partial charge < -0.3 is 10.9 Å². The number of aryl methyl sites for hydroxylation is 2. The molecule has 1 heterocycles. The monoisotopic (exact) mass is 249 g/mol. The average molecular weight is 249 g/mol. The lowest BCUT2D eigenvalue weighted by molar-refractivity contribution is 0.318. The summed E-state index contributed by atoms with van der Waals surface area (Å²) in [7, 11) is 0. The highest BCUT2D eigenvalue weighted by Gasteiger charge is 2.11. The van der Waals surface area contributed by atoms with Crippen LogP contribution in [-0.4, -0.2) is 25.8 Å². The molecular weight excluding hydrogens is 237 g/mol. The van der Waals surface area contributed by atoms with Gasteiger partial charge in [0, 0.05) is 5.56 Å². The van der Waals surface area contributed by atoms with Crippen LogP contribution in [0.5, 0.6) is 0 Å². The summed E-state index contributed by atoms with van der Waals surface area (Å²) in [5.41, 5.74) is 5.95. The third-order valence-corrected chi connectivity index (χ3v) is 2.45. The number of nitrogens with two attached hydrogens (primary N) is 1. The molecule has 0 radical (unpaired) electrons. The molecule has 0 amide bonds. The molecule has 0 aliphatic heterocycles. The summed E-state index contributed by atoms with van der Waals surface area (Å²) in [5, 5.41) is 15.4. The number of hydrogen-bond donors (Lipinski definition) is 2. The molecule has 0 fully saturated rings. The molecule has 18 heavy (non-hydrogen) atoms. The molecule has 0 aliphatic rings. The van der Waals surface area contributed by atoms with E-state index < -0.39 is 5.82 Å². The van der Waals surface area contributed by atoms with E-state index >= 15 is 0 Å². The summed E-state index contributed by atoms with van der Waals surface area (Å²) in [6.07, 6.45) is 0. The topological polar surface area (TPSA) is 89.3 Å². The van der Waals surface area contributed by atoms with Gasteiger partial charge in [0.1, 0.15) is 23.2 Å². The van der Waals surface area contributed by atoms with E-state index in [1.807, 2.05) is 0 Å². The molecule has 0 aliphatic carbocycles. The van der Waals surface area contributed by atoms with Crippen molar-refractivity contribution in [2.75, 3.05) is 0 Å².